The Labute approximate surface area is 92.7 Å². The lowest BCUT2D eigenvalue weighted by Gasteiger charge is -1.98. The molecule has 5 nitrogen and oxygen atoms in total. The summed E-state index contributed by atoms with van der Waals surface area (Å²) in [6, 6.07) is 3.17. The van der Waals surface area contributed by atoms with E-state index in [4.69, 9.17) is 0 Å². The second-order valence-electron chi connectivity index (χ2n) is 2.82. The Morgan fingerprint density at radius 2 is 2.00 bits per heavy atom. The number of ether oxygens (including phenoxy) is 2. The zero-order valence-electron chi connectivity index (χ0n) is 8.97. The Kier molecular flexibility index (Phi) is 4.20. The summed E-state index contributed by atoms with van der Waals surface area (Å²) in [5.74, 6) is -0.908. The van der Waals surface area contributed by atoms with Crippen molar-refractivity contribution in [1.29, 1.82) is 0 Å². The van der Waals surface area contributed by atoms with Crippen molar-refractivity contribution in [3.8, 4) is 0 Å². The van der Waals surface area contributed by atoms with Crippen LogP contribution < -0.4 is 0 Å². The molecule has 0 fully saturated rings. The first-order chi connectivity index (χ1) is 7.67. The largest absolute Gasteiger partial charge is 0.466 e. The van der Waals surface area contributed by atoms with Crippen LogP contribution in [0.25, 0.3) is 6.08 Å². The second-order valence-corrected chi connectivity index (χ2v) is 2.82. The maximum atomic E-state index is 11.1. The summed E-state index contributed by atoms with van der Waals surface area (Å²) in [6.07, 6.45) is 4.12. The van der Waals surface area contributed by atoms with Crippen molar-refractivity contribution in [2.45, 2.75) is 0 Å². The van der Waals surface area contributed by atoms with Crippen LogP contribution in [0.2, 0.25) is 0 Å². The van der Waals surface area contributed by atoms with Crippen LogP contribution in [-0.4, -0.2) is 31.1 Å². The molecule has 0 spiro atoms. The van der Waals surface area contributed by atoms with Gasteiger partial charge in [0.25, 0.3) is 0 Å². The van der Waals surface area contributed by atoms with Crippen LogP contribution in [-0.2, 0) is 14.3 Å². The van der Waals surface area contributed by atoms with Gasteiger partial charge in [0.15, 0.2) is 0 Å². The number of esters is 2. The van der Waals surface area contributed by atoms with Crippen LogP contribution in [0.3, 0.4) is 0 Å². The number of aromatic nitrogens is 1. The molecule has 0 atom stereocenters. The monoisotopic (exact) mass is 221 g/mol. The molecule has 0 radical (unpaired) electrons. The van der Waals surface area contributed by atoms with E-state index >= 15 is 0 Å². The maximum Gasteiger partial charge on any atom is 0.339 e. The van der Waals surface area contributed by atoms with E-state index in [-0.39, 0.29) is 0 Å². The number of carbonyl (C=O) groups excluding carboxylic acids is 2. The predicted octanol–water partition coefficient (Wildman–Crippen LogP) is 1.05. The zero-order chi connectivity index (χ0) is 12.0. The molecule has 84 valence electrons. The molecular weight excluding hydrogens is 210 g/mol. The Balaban J connectivity index is 2.75. The van der Waals surface area contributed by atoms with E-state index in [1.807, 2.05) is 0 Å². The van der Waals surface area contributed by atoms with Crippen molar-refractivity contribution in [2.75, 3.05) is 14.2 Å². The fourth-order valence-electron chi connectivity index (χ4n) is 0.964. The van der Waals surface area contributed by atoms with Crippen molar-refractivity contribution >= 4 is 18.0 Å². The summed E-state index contributed by atoms with van der Waals surface area (Å²) in [6.45, 7) is 0. The lowest BCUT2D eigenvalue weighted by atomic mass is 10.2. The molecule has 16 heavy (non-hydrogen) atoms. The third kappa shape index (κ3) is 3.20. The van der Waals surface area contributed by atoms with Crippen LogP contribution in [0.1, 0.15) is 16.1 Å². The van der Waals surface area contributed by atoms with Gasteiger partial charge >= 0.3 is 11.9 Å². The molecule has 0 unspecified atom stereocenters. The maximum absolute atomic E-state index is 11.1. The Morgan fingerprint density at radius 3 is 2.50 bits per heavy atom. The fraction of sp³-hybridized carbons (Fsp3) is 0.182. The minimum atomic E-state index is -0.459. The third-order valence-corrected chi connectivity index (χ3v) is 1.80. The molecule has 0 bridgehead atoms. The van der Waals surface area contributed by atoms with Crippen molar-refractivity contribution < 1.29 is 19.1 Å². The van der Waals surface area contributed by atoms with Crippen LogP contribution >= 0.6 is 0 Å². The summed E-state index contributed by atoms with van der Waals surface area (Å²) in [7, 11) is 2.59. The first-order valence-electron chi connectivity index (χ1n) is 4.47. The Bertz CT molecular complexity index is 408. The Hall–Kier alpha value is -2.17. The Morgan fingerprint density at radius 1 is 1.25 bits per heavy atom. The topological polar surface area (TPSA) is 65.5 Å². The zero-order valence-corrected chi connectivity index (χ0v) is 8.97. The van der Waals surface area contributed by atoms with Gasteiger partial charge < -0.3 is 9.47 Å². The van der Waals surface area contributed by atoms with E-state index in [9.17, 15) is 9.59 Å². The first-order valence-corrected chi connectivity index (χ1v) is 4.47. The highest BCUT2D eigenvalue weighted by atomic mass is 16.5. The van der Waals surface area contributed by atoms with E-state index in [2.05, 4.69) is 14.5 Å². The normalized spacial score (nSPS) is 10.1. The van der Waals surface area contributed by atoms with Crippen LogP contribution in [0, 0.1) is 0 Å². The molecule has 5 heteroatoms. The highest BCUT2D eigenvalue weighted by Crippen LogP contribution is 2.03. The van der Waals surface area contributed by atoms with Gasteiger partial charge in [-0.1, -0.05) is 0 Å². The molecule has 0 aliphatic carbocycles. The van der Waals surface area contributed by atoms with Gasteiger partial charge in [0.05, 0.1) is 25.5 Å². The SMILES string of the molecule is COC(=O)/C=C/c1ccc(C(=O)OC)cn1. The molecular formula is C11H11NO4. The van der Waals surface area contributed by atoms with E-state index in [0.717, 1.165) is 0 Å². The van der Waals surface area contributed by atoms with Crippen LogP contribution in [0.15, 0.2) is 24.4 Å². The summed E-state index contributed by atoms with van der Waals surface area (Å²) < 4.78 is 8.94. The molecule has 1 aromatic rings. The number of methoxy groups -OCH3 is 2. The van der Waals surface area contributed by atoms with Crippen molar-refractivity contribution in [2.24, 2.45) is 0 Å². The molecule has 0 N–H and O–H groups in total. The fourth-order valence-corrected chi connectivity index (χ4v) is 0.964. The summed E-state index contributed by atoms with van der Waals surface area (Å²) in [4.78, 5) is 25.8. The highest BCUT2D eigenvalue weighted by Gasteiger charge is 2.04. The average Bonchev–Trinajstić information content (AvgIpc) is 2.35. The van der Waals surface area contributed by atoms with Gasteiger partial charge in [0.1, 0.15) is 0 Å². The third-order valence-electron chi connectivity index (χ3n) is 1.80. The molecule has 1 aromatic heterocycles. The van der Waals surface area contributed by atoms with Crippen LogP contribution in [0.4, 0.5) is 0 Å². The number of hydrogen-bond acceptors (Lipinski definition) is 5. The molecule has 1 rings (SSSR count). The lowest BCUT2D eigenvalue weighted by Crippen LogP contribution is -2.01. The summed E-state index contributed by atoms with van der Waals surface area (Å²) in [5, 5.41) is 0. The van der Waals surface area contributed by atoms with Crippen LogP contribution in [0.5, 0.6) is 0 Å². The average molecular weight is 221 g/mol. The first kappa shape index (κ1) is 11.9. The summed E-state index contributed by atoms with van der Waals surface area (Å²) in [5.41, 5.74) is 0.913. The number of rotatable bonds is 3. The quantitative estimate of drug-likeness (QED) is 0.564. The molecule has 0 amide bonds. The smallest absolute Gasteiger partial charge is 0.339 e. The van der Waals surface area contributed by atoms with E-state index in [1.165, 1.54) is 32.6 Å². The van der Waals surface area contributed by atoms with Crippen molar-refractivity contribution in [3.63, 3.8) is 0 Å². The van der Waals surface area contributed by atoms with Gasteiger partial charge in [-0.2, -0.15) is 0 Å². The molecule has 0 aromatic carbocycles. The van der Waals surface area contributed by atoms with Gasteiger partial charge in [-0.25, -0.2) is 9.59 Å². The van der Waals surface area contributed by atoms with Crippen molar-refractivity contribution in [3.05, 3.63) is 35.7 Å². The van der Waals surface area contributed by atoms with Gasteiger partial charge in [0, 0.05) is 12.3 Å². The minimum Gasteiger partial charge on any atom is -0.466 e. The predicted molar refractivity (Wildman–Crippen MR) is 56.6 cm³/mol. The molecule has 1 heterocycles. The van der Waals surface area contributed by atoms with E-state index in [0.29, 0.717) is 11.3 Å². The number of nitrogens with zero attached hydrogens (tertiary/aromatic N) is 1. The van der Waals surface area contributed by atoms with Gasteiger partial charge in [0.2, 0.25) is 0 Å². The number of pyridine rings is 1. The second kappa shape index (κ2) is 5.65. The van der Waals surface area contributed by atoms with Gasteiger partial charge in [-0.3, -0.25) is 4.98 Å². The van der Waals surface area contributed by atoms with Crippen molar-refractivity contribution in [1.82, 2.24) is 4.98 Å². The molecule has 0 aliphatic rings. The van der Waals surface area contributed by atoms with E-state index < -0.39 is 11.9 Å². The molecule has 0 saturated heterocycles. The van der Waals surface area contributed by atoms with E-state index in [1.54, 1.807) is 12.1 Å². The summed E-state index contributed by atoms with van der Waals surface area (Å²) >= 11 is 0. The number of hydrogen-bond donors (Lipinski definition) is 0. The standard InChI is InChI=1S/C11H11NO4/c1-15-10(13)6-5-9-4-3-8(7-12-9)11(14)16-2/h3-7H,1-2H3/b6-5+. The highest BCUT2D eigenvalue weighted by molar-refractivity contribution is 5.89. The van der Waals surface area contributed by atoms with Gasteiger partial charge in [-0.15, -0.1) is 0 Å². The molecule has 0 aliphatic heterocycles. The van der Waals surface area contributed by atoms with Gasteiger partial charge in [-0.05, 0) is 18.2 Å². The lowest BCUT2D eigenvalue weighted by molar-refractivity contribution is -0.134. The minimum absolute atomic E-state index is 0.359. The number of carbonyl (C=O) groups is 2. The molecule has 0 saturated carbocycles.